The summed E-state index contributed by atoms with van der Waals surface area (Å²) in [7, 11) is 0. The van der Waals surface area contributed by atoms with E-state index in [0.29, 0.717) is 21.7 Å². The maximum atomic E-state index is 11.9. The molecule has 0 amide bonds. The Labute approximate surface area is 135 Å². The van der Waals surface area contributed by atoms with Crippen molar-refractivity contribution in [2.24, 2.45) is 5.92 Å². The molecule has 0 aromatic heterocycles. The van der Waals surface area contributed by atoms with Crippen molar-refractivity contribution < 1.29 is 14.3 Å². The Balaban J connectivity index is 1.84. The summed E-state index contributed by atoms with van der Waals surface area (Å²) < 4.78 is 10.9. The van der Waals surface area contributed by atoms with E-state index in [-0.39, 0.29) is 18.7 Å². The van der Waals surface area contributed by atoms with Crippen molar-refractivity contribution in [3.63, 3.8) is 0 Å². The van der Waals surface area contributed by atoms with Gasteiger partial charge < -0.3 is 9.47 Å². The summed E-state index contributed by atoms with van der Waals surface area (Å²) in [5.74, 6) is 0.571. The van der Waals surface area contributed by atoms with Gasteiger partial charge in [-0.1, -0.05) is 36.5 Å². The zero-order valence-corrected chi connectivity index (χ0v) is 13.6. The lowest BCUT2D eigenvalue weighted by Crippen LogP contribution is -2.31. The molecule has 1 aliphatic carbocycles. The van der Waals surface area contributed by atoms with Gasteiger partial charge in [0, 0.05) is 5.02 Å². The van der Waals surface area contributed by atoms with Crippen LogP contribution >= 0.6 is 23.2 Å². The third kappa shape index (κ3) is 4.79. The van der Waals surface area contributed by atoms with Crippen molar-refractivity contribution in [2.45, 2.75) is 45.1 Å². The molecule has 2 unspecified atom stereocenters. The van der Waals surface area contributed by atoms with Crippen LogP contribution in [0.4, 0.5) is 0 Å². The summed E-state index contributed by atoms with van der Waals surface area (Å²) in [6.07, 6.45) is 5.51. The highest BCUT2D eigenvalue weighted by Crippen LogP contribution is 2.30. The summed E-state index contributed by atoms with van der Waals surface area (Å²) in [4.78, 5) is 11.9. The molecule has 2 atom stereocenters. The molecular weight excluding hydrogens is 311 g/mol. The molecule has 0 N–H and O–H groups in total. The summed E-state index contributed by atoms with van der Waals surface area (Å²) in [5.41, 5.74) is 0. The van der Waals surface area contributed by atoms with E-state index in [1.54, 1.807) is 18.2 Å². The Morgan fingerprint density at radius 2 is 2.05 bits per heavy atom. The van der Waals surface area contributed by atoms with Crippen LogP contribution in [0.3, 0.4) is 0 Å². The van der Waals surface area contributed by atoms with Crippen molar-refractivity contribution in [2.75, 3.05) is 6.61 Å². The number of hydrogen-bond donors (Lipinski definition) is 0. The standard InChI is InChI=1S/C16H20Cl2O3/c1-2-11-5-3-4-6-14(11)21-16(19)10-20-15-8-7-12(17)9-13(15)18/h7-9,11,14H,2-6,10H2,1H3. The average molecular weight is 331 g/mol. The highest BCUT2D eigenvalue weighted by atomic mass is 35.5. The molecule has 1 aliphatic rings. The molecule has 0 bridgehead atoms. The lowest BCUT2D eigenvalue weighted by atomic mass is 9.85. The number of halogens is 2. The van der Waals surface area contributed by atoms with E-state index in [9.17, 15) is 4.79 Å². The highest BCUT2D eigenvalue weighted by molar-refractivity contribution is 6.35. The maximum Gasteiger partial charge on any atom is 0.344 e. The summed E-state index contributed by atoms with van der Waals surface area (Å²) in [6, 6.07) is 4.90. The smallest absolute Gasteiger partial charge is 0.344 e. The largest absolute Gasteiger partial charge is 0.480 e. The maximum absolute atomic E-state index is 11.9. The van der Waals surface area contributed by atoms with Gasteiger partial charge in [-0.3, -0.25) is 0 Å². The molecule has 3 nitrogen and oxygen atoms in total. The molecule has 0 saturated heterocycles. The first kappa shape index (κ1) is 16.4. The third-order valence-electron chi connectivity index (χ3n) is 3.89. The van der Waals surface area contributed by atoms with Crippen LogP contribution in [0.15, 0.2) is 18.2 Å². The minimum absolute atomic E-state index is 0.0283. The minimum Gasteiger partial charge on any atom is -0.480 e. The Bertz CT molecular complexity index is 490. The Morgan fingerprint density at radius 1 is 1.29 bits per heavy atom. The quantitative estimate of drug-likeness (QED) is 0.721. The topological polar surface area (TPSA) is 35.5 Å². The second kappa shape index (κ2) is 7.90. The van der Waals surface area contributed by atoms with Gasteiger partial charge in [-0.25, -0.2) is 4.79 Å². The van der Waals surface area contributed by atoms with E-state index in [0.717, 1.165) is 25.7 Å². The molecular formula is C16H20Cl2O3. The van der Waals surface area contributed by atoms with Gasteiger partial charge >= 0.3 is 5.97 Å². The molecule has 21 heavy (non-hydrogen) atoms. The minimum atomic E-state index is -0.341. The number of carbonyl (C=O) groups excluding carboxylic acids is 1. The molecule has 0 spiro atoms. The summed E-state index contributed by atoms with van der Waals surface area (Å²) in [5, 5.41) is 0.919. The molecule has 1 saturated carbocycles. The van der Waals surface area contributed by atoms with Gasteiger partial charge in [-0.2, -0.15) is 0 Å². The summed E-state index contributed by atoms with van der Waals surface area (Å²) >= 11 is 11.8. The van der Waals surface area contributed by atoms with Gasteiger partial charge in [0.05, 0.1) is 5.02 Å². The fourth-order valence-electron chi connectivity index (χ4n) is 2.73. The van der Waals surface area contributed by atoms with Gasteiger partial charge in [0.25, 0.3) is 0 Å². The van der Waals surface area contributed by atoms with Crippen LogP contribution in [0.2, 0.25) is 10.0 Å². The SMILES string of the molecule is CCC1CCCCC1OC(=O)COc1ccc(Cl)cc1Cl. The van der Waals surface area contributed by atoms with Crippen molar-refractivity contribution in [3.8, 4) is 5.75 Å². The molecule has 5 heteroatoms. The van der Waals surface area contributed by atoms with E-state index in [4.69, 9.17) is 32.7 Å². The van der Waals surface area contributed by atoms with Crippen LogP contribution in [-0.2, 0) is 9.53 Å². The van der Waals surface area contributed by atoms with E-state index in [2.05, 4.69) is 6.92 Å². The first-order valence-corrected chi connectivity index (χ1v) is 8.13. The monoisotopic (exact) mass is 330 g/mol. The number of ether oxygens (including phenoxy) is 2. The Morgan fingerprint density at radius 3 is 2.76 bits per heavy atom. The zero-order chi connectivity index (χ0) is 15.2. The lowest BCUT2D eigenvalue weighted by Gasteiger charge is -2.30. The Hall–Kier alpha value is -0.930. The lowest BCUT2D eigenvalue weighted by molar-refractivity contribution is -0.156. The van der Waals surface area contributed by atoms with Crippen LogP contribution in [0.25, 0.3) is 0 Å². The number of hydrogen-bond acceptors (Lipinski definition) is 3. The first-order chi connectivity index (χ1) is 10.1. The third-order valence-corrected chi connectivity index (χ3v) is 4.42. The second-order valence-electron chi connectivity index (χ2n) is 5.34. The van der Waals surface area contributed by atoms with Crippen molar-refractivity contribution in [1.82, 2.24) is 0 Å². The van der Waals surface area contributed by atoms with Gasteiger partial charge in [-0.05, 0) is 49.8 Å². The number of esters is 1. The Kier molecular flexibility index (Phi) is 6.19. The molecule has 2 rings (SSSR count). The molecule has 116 valence electrons. The van der Waals surface area contributed by atoms with Crippen LogP contribution in [0.5, 0.6) is 5.75 Å². The van der Waals surface area contributed by atoms with Crippen LogP contribution in [0, 0.1) is 5.92 Å². The predicted octanol–water partition coefficient (Wildman–Crippen LogP) is 4.88. The van der Waals surface area contributed by atoms with Crippen LogP contribution < -0.4 is 4.74 Å². The van der Waals surface area contributed by atoms with Crippen LogP contribution in [-0.4, -0.2) is 18.7 Å². The molecule has 0 aliphatic heterocycles. The second-order valence-corrected chi connectivity index (χ2v) is 6.19. The van der Waals surface area contributed by atoms with E-state index in [1.165, 1.54) is 6.42 Å². The number of rotatable bonds is 5. The molecule has 1 fully saturated rings. The van der Waals surface area contributed by atoms with Crippen molar-refractivity contribution in [1.29, 1.82) is 0 Å². The highest BCUT2D eigenvalue weighted by Gasteiger charge is 2.27. The van der Waals surface area contributed by atoms with Crippen molar-refractivity contribution in [3.05, 3.63) is 28.2 Å². The number of carbonyl (C=O) groups is 1. The average Bonchev–Trinajstić information content (AvgIpc) is 2.47. The van der Waals surface area contributed by atoms with E-state index < -0.39 is 0 Å². The van der Waals surface area contributed by atoms with Gasteiger partial charge in [0.1, 0.15) is 11.9 Å². The van der Waals surface area contributed by atoms with Crippen LogP contribution in [0.1, 0.15) is 39.0 Å². The summed E-state index contributed by atoms with van der Waals surface area (Å²) in [6.45, 7) is 2.01. The number of benzene rings is 1. The van der Waals surface area contributed by atoms with E-state index in [1.807, 2.05) is 0 Å². The fraction of sp³-hybridized carbons (Fsp3) is 0.562. The fourth-order valence-corrected chi connectivity index (χ4v) is 3.19. The van der Waals surface area contributed by atoms with Gasteiger partial charge in [0.15, 0.2) is 6.61 Å². The first-order valence-electron chi connectivity index (χ1n) is 7.37. The molecule has 1 aromatic carbocycles. The van der Waals surface area contributed by atoms with E-state index >= 15 is 0 Å². The predicted molar refractivity (Wildman–Crippen MR) is 84.1 cm³/mol. The van der Waals surface area contributed by atoms with Crippen molar-refractivity contribution >= 4 is 29.2 Å². The normalized spacial score (nSPS) is 21.9. The van der Waals surface area contributed by atoms with Gasteiger partial charge in [0.2, 0.25) is 0 Å². The molecule has 0 radical (unpaired) electrons. The molecule has 0 heterocycles. The zero-order valence-electron chi connectivity index (χ0n) is 12.1. The van der Waals surface area contributed by atoms with Gasteiger partial charge in [-0.15, -0.1) is 0 Å². The molecule has 1 aromatic rings.